The summed E-state index contributed by atoms with van der Waals surface area (Å²) in [6.45, 7) is 8.86. The van der Waals surface area contributed by atoms with Gasteiger partial charge < -0.3 is 4.85 Å². The summed E-state index contributed by atoms with van der Waals surface area (Å²) in [5.41, 5.74) is 1.99. The molecule has 2 rings (SSSR count). The van der Waals surface area contributed by atoms with E-state index in [1.165, 1.54) is 0 Å². The second kappa shape index (κ2) is 3.47. The lowest BCUT2D eigenvalue weighted by atomic mass is 10.1. The first kappa shape index (κ1) is 8.71. The monoisotopic (exact) mass is 182 g/mol. The normalized spacial score (nSPS) is 12.3. The first-order chi connectivity index (χ1) is 6.81. The van der Waals surface area contributed by atoms with E-state index in [0.29, 0.717) is 0 Å². The van der Waals surface area contributed by atoms with Crippen LogP contribution >= 0.6 is 0 Å². The summed E-state index contributed by atoms with van der Waals surface area (Å²) in [6, 6.07) is 9.85. The van der Waals surface area contributed by atoms with Gasteiger partial charge in [-0.25, -0.2) is 6.57 Å². The first-order valence-electron chi connectivity index (χ1n) is 4.52. The molecule has 0 aliphatic heterocycles. The number of nitrogens with zero attached hydrogens (tertiary/aromatic N) is 2. The Kier molecular flexibility index (Phi) is 2.16. The third-order valence-electron chi connectivity index (χ3n) is 2.31. The van der Waals surface area contributed by atoms with E-state index in [0.717, 1.165) is 16.5 Å². The van der Waals surface area contributed by atoms with Crippen LogP contribution in [0.4, 0.5) is 0 Å². The van der Waals surface area contributed by atoms with Crippen LogP contribution in [0.15, 0.2) is 36.5 Å². The van der Waals surface area contributed by atoms with Crippen molar-refractivity contribution < 1.29 is 0 Å². The average molecular weight is 182 g/mol. The van der Waals surface area contributed by atoms with Crippen molar-refractivity contribution >= 4 is 10.9 Å². The molecule has 0 N–H and O–H groups in total. The van der Waals surface area contributed by atoms with Crippen molar-refractivity contribution in [1.29, 1.82) is 0 Å². The number of hydrogen-bond donors (Lipinski definition) is 0. The third kappa shape index (κ3) is 1.45. The summed E-state index contributed by atoms with van der Waals surface area (Å²) >= 11 is 0. The Bertz CT molecular complexity index is 497. The lowest BCUT2D eigenvalue weighted by Gasteiger charge is -2.01. The van der Waals surface area contributed by atoms with Crippen LogP contribution in [-0.4, -0.2) is 4.98 Å². The molecule has 0 spiro atoms. The molecule has 2 nitrogen and oxygen atoms in total. The highest BCUT2D eigenvalue weighted by atomic mass is 14.7. The molecule has 2 aromatic rings. The molecule has 1 unspecified atom stereocenters. The zero-order valence-corrected chi connectivity index (χ0v) is 7.94. The summed E-state index contributed by atoms with van der Waals surface area (Å²) in [5.74, 6) is 0. The fourth-order valence-corrected chi connectivity index (χ4v) is 1.42. The van der Waals surface area contributed by atoms with E-state index in [-0.39, 0.29) is 6.04 Å². The standard InChI is InChI=1S/C12H10N2/c1-9(13-2)11-6-5-10-4-3-7-14-12(10)8-11/h3-9H,1H3. The van der Waals surface area contributed by atoms with E-state index in [1.807, 2.05) is 37.3 Å². The molecular formula is C12H10N2. The van der Waals surface area contributed by atoms with E-state index in [1.54, 1.807) is 6.20 Å². The van der Waals surface area contributed by atoms with Crippen molar-refractivity contribution in [1.82, 2.24) is 4.98 Å². The minimum Gasteiger partial charge on any atom is -0.309 e. The quantitative estimate of drug-likeness (QED) is 0.619. The number of aromatic nitrogens is 1. The second-order valence-electron chi connectivity index (χ2n) is 3.26. The van der Waals surface area contributed by atoms with E-state index < -0.39 is 0 Å². The predicted octanol–water partition coefficient (Wildman–Crippen LogP) is 3.22. The van der Waals surface area contributed by atoms with E-state index >= 15 is 0 Å². The fraction of sp³-hybridized carbons (Fsp3) is 0.167. The van der Waals surface area contributed by atoms with Crippen molar-refractivity contribution in [3.05, 3.63) is 53.5 Å². The average Bonchev–Trinajstić information content (AvgIpc) is 2.27. The summed E-state index contributed by atoms with van der Waals surface area (Å²) in [7, 11) is 0. The van der Waals surface area contributed by atoms with E-state index in [4.69, 9.17) is 6.57 Å². The van der Waals surface area contributed by atoms with Gasteiger partial charge in [0.15, 0.2) is 0 Å². The molecule has 0 aliphatic carbocycles. The largest absolute Gasteiger partial charge is 0.309 e. The van der Waals surface area contributed by atoms with Gasteiger partial charge in [0, 0.05) is 24.1 Å². The van der Waals surface area contributed by atoms with Crippen molar-refractivity contribution in [2.24, 2.45) is 0 Å². The van der Waals surface area contributed by atoms with Crippen LogP contribution in [0.3, 0.4) is 0 Å². The summed E-state index contributed by atoms with van der Waals surface area (Å²) in [5, 5.41) is 1.12. The minimum absolute atomic E-state index is 0.0820. The highest BCUT2D eigenvalue weighted by molar-refractivity contribution is 5.79. The second-order valence-corrected chi connectivity index (χ2v) is 3.26. The fourth-order valence-electron chi connectivity index (χ4n) is 1.42. The highest BCUT2D eigenvalue weighted by Gasteiger charge is 2.08. The topological polar surface area (TPSA) is 17.2 Å². The Morgan fingerprint density at radius 2 is 2.21 bits per heavy atom. The zero-order valence-electron chi connectivity index (χ0n) is 7.94. The molecule has 0 saturated carbocycles. The number of pyridine rings is 1. The van der Waals surface area contributed by atoms with Crippen molar-refractivity contribution in [3.8, 4) is 0 Å². The van der Waals surface area contributed by atoms with E-state index in [9.17, 15) is 0 Å². The maximum atomic E-state index is 6.96. The molecule has 1 heterocycles. The van der Waals surface area contributed by atoms with Gasteiger partial charge in [0.1, 0.15) is 0 Å². The highest BCUT2D eigenvalue weighted by Crippen LogP contribution is 2.20. The van der Waals surface area contributed by atoms with Gasteiger partial charge in [-0.15, -0.1) is 0 Å². The van der Waals surface area contributed by atoms with Gasteiger partial charge in [-0.3, -0.25) is 4.98 Å². The molecule has 1 aromatic carbocycles. The molecule has 0 saturated heterocycles. The summed E-state index contributed by atoms with van der Waals surface area (Å²) in [6.07, 6.45) is 1.77. The maximum absolute atomic E-state index is 6.96. The number of rotatable bonds is 1. The number of fused-ring (bicyclic) bond motifs is 1. The lowest BCUT2D eigenvalue weighted by Crippen LogP contribution is -1.87. The maximum Gasteiger partial charge on any atom is 0.246 e. The molecule has 0 bridgehead atoms. The Balaban J connectivity index is 2.58. The van der Waals surface area contributed by atoms with Crippen molar-refractivity contribution in [2.75, 3.05) is 0 Å². The van der Waals surface area contributed by atoms with Crippen LogP contribution < -0.4 is 0 Å². The molecule has 2 heteroatoms. The van der Waals surface area contributed by atoms with Crippen LogP contribution in [0.1, 0.15) is 18.5 Å². The van der Waals surface area contributed by atoms with Gasteiger partial charge in [0.05, 0.1) is 5.52 Å². The van der Waals surface area contributed by atoms with Gasteiger partial charge in [-0.2, -0.15) is 0 Å². The van der Waals surface area contributed by atoms with Crippen LogP contribution in [0.2, 0.25) is 0 Å². The molecule has 0 radical (unpaired) electrons. The Morgan fingerprint density at radius 3 is 3.00 bits per heavy atom. The van der Waals surface area contributed by atoms with Crippen molar-refractivity contribution in [2.45, 2.75) is 13.0 Å². The van der Waals surface area contributed by atoms with E-state index in [2.05, 4.69) is 9.83 Å². The molecule has 0 aliphatic rings. The molecular weight excluding hydrogens is 172 g/mol. The van der Waals surface area contributed by atoms with Gasteiger partial charge >= 0.3 is 0 Å². The van der Waals surface area contributed by atoms with Crippen LogP contribution in [0.25, 0.3) is 15.7 Å². The van der Waals surface area contributed by atoms with Crippen LogP contribution in [-0.2, 0) is 0 Å². The van der Waals surface area contributed by atoms with Gasteiger partial charge in [0.2, 0.25) is 6.04 Å². The summed E-state index contributed by atoms with van der Waals surface area (Å²) in [4.78, 5) is 7.74. The minimum atomic E-state index is -0.0820. The Labute approximate surface area is 83.0 Å². The third-order valence-corrected chi connectivity index (χ3v) is 2.31. The summed E-state index contributed by atoms with van der Waals surface area (Å²) < 4.78 is 0. The molecule has 1 aromatic heterocycles. The molecule has 1 atom stereocenters. The molecule has 68 valence electrons. The zero-order chi connectivity index (χ0) is 9.97. The molecule has 0 amide bonds. The lowest BCUT2D eigenvalue weighted by molar-refractivity contribution is 0.963. The SMILES string of the molecule is [C-]#[N+]C(C)c1ccc2cccnc2c1. The Hall–Kier alpha value is -1.88. The number of benzene rings is 1. The molecule has 14 heavy (non-hydrogen) atoms. The van der Waals surface area contributed by atoms with Gasteiger partial charge in [0.25, 0.3) is 0 Å². The van der Waals surface area contributed by atoms with Crippen LogP contribution in [0, 0.1) is 6.57 Å². The van der Waals surface area contributed by atoms with Gasteiger partial charge in [-0.1, -0.05) is 18.2 Å². The molecule has 0 fully saturated rings. The predicted molar refractivity (Wildman–Crippen MR) is 56.8 cm³/mol. The van der Waals surface area contributed by atoms with Crippen molar-refractivity contribution in [3.63, 3.8) is 0 Å². The first-order valence-corrected chi connectivity index (χ1v) is 4.52. The number of hydrogen-bond acceptors (Lipinski definition) is 1. The van der Waals surface area contributed by atoms with Crippen LogP contribution in [0.5, 0.6) is 0 Å². The smallest absolute Gasteiger partial charge is 0.246 e. The Morgan fingerprint density at radius 1 is 1.36 bits per heavy atom. The van der Waals surface area contributed by atoms with Gasteiger partial charge in [-0.05, 0) is 12.1 Å².